The Hall–Kier alpha value is -3.03. The third-order valence-electron chi connectivity index (χ3n) is 3.41. The molecule has 0 aliphatic rings. The SMILES string of the molecule is COC(=O)/C(=N\O)[C@H](C(=O)OC)C(=O)C(=O)Nc1c(Cl)cc(C)cc1S(=O)(=O)O. The molecule has 0 saturated heterocycles. The minimum Gasteiger partial charge on any atom is -0.468 e. The summed E-state index contributed by atoms with van der Waals surface area (Å²) in [6.45, 7) is 1.45. The number of oxime groups is 1. The molecule has 0 saturated carbocycles. The summed E-state index contributed by atoms with van der Waals surface area (Å²) in [6.07, 6.45) is 0. The van der Waals surface area contributed by atoms with Crippen LogP contribution in [0.25, 0.3) is 0 Å². The first-order valence-electron chi connectivity index (χ1n) is 7.39. The quantitative estimate of drug-likeness (QED) is 0.0984. The van der Waals surface area contributed by atoms with E-state index in [0.717, 1.165) is 20.3 Å². The van der Waals surface area contributed by atoms with Crippen molar-refractivity contribution in [2.24, 2.45) is 11.1 Å². The van der Waals surface area contributed by atoms with Crippen molar-refractivity contribution >= 4 is 56.7 Å². The summed E-state index contributed by atoms with van der Waals surface area (Å²) in [7, 11) is -3.18. The van der Waals surface area contributed by atoms with Crippen LogP contribution in [0.2, 0.25) is 5.02 Å². The van der Waals surface area contributed by atoms with Crippen LogP contribution in [-0.2, 0) is 38.8 Å². The van der Waals surface area contributed by atoms with E-state index in [1.54, 1.807) is 0 Å². The Kier molecular flexibility index (Phi) is 7.82. The lowest BCUT2D eigenvalue weighted by Gasteiger charge is -2.15. The number of halogens is 1. The molecule has 1 atom stereocenters. The Morgan fingerprint density at radius 1 is 1.17 bits per heavy atom. The highest BCUT2D eigenvalue weighted by molar-refractivity contribution is 7.86. The van der Waals surface area contributed by atoms with Crippen LogP contribution in [0.3, 0.4) is 0 Å². The van der Waals surface area contributed by atoms with Crippen molar-refractivity contribution in [2.45, 2.75) is 11.8 Å². The van der Waals surface area contributed by atoms with E-state index in [-0.39, 0.29) is 5.02 Å². The second kappa shape index (κ2) is 9.45. The van der Waals surface area contributed by atoms with E-state index in [4.69, 9.17) is 16.8 Å². The second-order valence-corrected chi connectivity index (χ2v) is 7.14. The second-order valence-electron chi connectivity index (χ2n) is 5.35. The number of anilines is 1. The lowest BCUT2D eigenvalue weighted by molar-refractivity contribution is -0.150. The van der Waals surface area contributed by atoms with E-state index in [9.17, 15) is 32.1 Å². The molecule has 1 aromatic carbocycles. The molecule has 1 aromatic rings. The number of methoxy groups -OCH3 is 2. The first-order chi connectivity index (χ1) is 13.4. The molecular formula is C15H15ClN2O10S. The normalized spacial score (nSPS) is 12.7. The van der Waals surface area contributed by atoms with Crippen molar-refractivity contribution in [3.05, 3.63) is 22.7 Å². The highest BCUT2D eigenvalue weighted by Crippen LogP contribution is 2.31. The van der Waals surface area contributed by atoms with Crippen molar-refractivity contribution in [3.63, 3.8) is 0 Å². The van der Waals surface area contributed by atoms with Crippen LogP contribution in [0.4, 0.5) is 5.69 Å². The third-order valence-corrected chi connectivity index (χ3v) is 4.59. The maximum Gasteiger partial charge on any atom is 0.357 e. The Balaban J connectivity index is 3.43. The van der Waals surface area contributed by atoms with Gasteiger partial charge in [-0.1, -0.05) is 16.8 Å². The molecule has 3 N–H and O–H groups in total. The first kappa shape index (κ1) is 24.0. The molecule has 29 heavy (non-hydrogen) atoms. The van der Waals surface area contributed by atoms with Crippen LogP contribution in [0.5, 0.6) is 0 Å². The average molecular weight is 451 g/mol. The standard InChI is InChI=1S/C15H15ClN2O10S/c1-6-4-7(16)10(8(5-6)29(24,25)26)17-13(20)12(19)9(14(21)27-2)11(18-23)15(22)28-3/h4-5,9,23H,1-3H3,(H,17,20)(H,24,25,26)/b18-11-/t9-/m0/s1. The molecule has 0 spiro atoms. The molecule has 12 nitrogen and oxygen atoms in total. The van der Waals surface area contributed by atoms with E-state index >= 15 is 0 Å². The molecule has 0 aliphatic carbocycles. The van der Waals surface area contributed by atoms with Crippen LogP contribution in [-0.4, -0.2) is 61.7 Å². The minimum atomic E-state index is -4.87. The Morgan fingerprint density at radius 3 is 2.21 bits per heavy atom. The van der Waals surface area contributed by atoms with Gasteiger partial charge in [-0.05, 0) is 24.6 Å². The average Bonchev–Trinajstić information content (AvgIpc) is 2.65. The highest BCUT2D eigenvalue weighted by Gasteiger charge is 2.42. The summed E-state index contributed by atoms with van der Waals surface area (Å²) in [5.74, 6) is -8.45. The largest absolute Gasteiger partial charge is 0.468 e. The number of nitrogens with one attached hydrogen (secondary N) is 1. The maximum absolute atomic E-state index is 12.4. The lowest BCUT2D eigenvalue weighted by atomic mass is 9.97. The summed E-state index contributed by atoms with van der Waals surface area (Å²) < 4.78 is 41.0. The molecule has 0 aromatic heterocycles. The molecule has 158 valence electrons. The molecule has 0 heterocycles. The number of Topliss-reactive ketones (excluding diaryl/α,β-unsaturated/α-hetero) is 1. The summed E-state index contributed by atoms with van der Waals surface area (Å²) in [4.78, 5) is 47.5. The van der Waals surface area contributed by atoms with Crippen molar-refractivity contribution in [2.75, 3.05) is 19.5 Å². The third kappa shape index (κ3) is 5.49. The predicted molar refractivity (Wildman–Crippen MR) is 96.4 cm³/mol. The van der Waals surface area contributed by atoms with Crippen molar-refractivity contribution in [1.82, 2.24) is 0 Å². The van der Waals surface area contributed by atoms with Crippen molar-refractivity contribution in [3.8, 4) is 0 Å². The number of aryl methyl sites for hydroxylation is 1. The number of amides is 1. The predicted octanol–water partition coefficient (Wildman–Crippen LogP) is 0.195. The molecule has 0 radical (unpaired) electrons. The number of hydrogen-bond acceptors (Lipinski definition) is 10. The van der Waals surface area contributed by atoms with Gasteiger partial charge in [0.15, 0.2) is 11.6 Å². The topological polar surface area (TPSA) is 186 Å². The molecule has 1 amide bonds. The monoisotopic (exact) mass is 450 g/mol. The van der Waals surface area contributed by atoms with Gasteiger partial charge < -0.3 is 20.0 Å². The number of carbonyl (C=O) groups excluding carboxylic acids is 4. The van der Waals surface area contributed by atoms with Crippen molar-refractivity contribution < 1.29 is 46.8 Å². The van der Waals surface area contributed by atoms with Gasteiger partial charge in [-0.15, -0.1) is 0 Å². The lowest BCUT2D eigenvalue weighted by Crippen LogP contribution is -2.43. The van der Waals surface area contributed by atoms with Crippen molar-refractivity contribution in [1.29, 1.82) is 0 Å². The molecule has 0 aliphatic heterocycles. The van der Waals surface area contributed by atoms with Crippen LogP contribution in [0.1, 0.15) is 5.56 Å². The molecule has 0 bridgehead atoms. The fourth-order valence-corrected chi connectivity index (χ4v) is 3.25. The Morgan fingerprint density at radius 2 is 1.76 bits per heavy atom. The van der Waals surface area contributed by atoms with Gasteiger partial charge in [0, 0.05) is 0 Å². The number of carbonyl (C=O) groups is 4. The number of ketones is 1. The number of esters is 2. The van der Waals surface area contributed by atoms with Gasteiger partial charge >= 0.3 is 11.9 Å². The zero-order valence-electron chi connectivity index (χ0n) is 15.1. The zero-order chi connectivity index (χ0) is 22.5. The molecule has 0 unspecified atom stereocenters. The molecule has 0 fully saturated rings. The summed E-state index contributed by atoms with van der Waals surface area (Å²) >= 11 is 5.89. The van der Waals surface area contributed by atoms with E-state index < -0.39 is 56.0 Å². The molecule has 14 heteroatoms. The minimum absolute atomic E-state index is 0.305. The number of hydrogen-bond donors (Lipinski definition) is 3. The van der Waals surface area contributed by atoms with Gasteiger partial charge in [0.25, 0.3) is 16.0 Å². The van der Waals surface area contributed by atoms with Crippen LogP contribution >= 0.6 is 11.6 Å². The number of nitrogens with zero attached hydrogens (tertiary/aromatic N) is 1. The van der Waals surface area contributed by atoms with Gasteiger partial charge in [0.05, 0.1) is 24.9 Å². The van der Waals surface area contributed by atoms with Gasteiger partial charge in [-0.3, -0.25) is 18.9 Å². The summed E-state index contributed by atoms with van der Waals surface area (Å²) in [6, 6.07) is 2.19. The van der Waals surface area contributed by atoms with Gasteiger partial charge in [-0.25, -0.2) is 4.79 Å². The first-order valence-corrected chi connectivity index (χ1v) is 9.21. The van der Waals surface area contributed by atoms with Crippen LogP contribution in [0.15, 0.2) is 22.2 Å². The highest BCUT2D eigenvalue weighted by atomic mass is 35.5. The van der Waals surface area contributed by atoms with Gasteiger partial charge in [0.1, 0.15) is 4.90 Å². The van der Waals surface area contributed by atoms with Gasteiger partial charge in [0.2, 0.25) is 5.78 Å². The number of rotatable bonds is 7. The fourth-order valence-electron chi connectivity index (χ4n) is 2.12. The van der Waals surface area contributed by atoms with E-state index in [2.05, 4.69) is 14.6 Å². The molecule has 1 rings (SSSR count). The summed E-state index contributed by atoms with van der Waals surface area (Å²) in [5, 5.41) is 13.0. The van der Waals surface area contributed by atoms with E-state index in [1.165, 1.54) is 13.0 Å². The number of benzene rings is 1. The van der Waals surface area contributed by atoms with Gasteiger partial charge in [-0.2, -0.15) is 8.42 Å². The van der Waals surface area contributed by atoms with Crippen LogP contribution in [0, 0.1) is 12.8 Å². The van der Waals surface area contributed by atoms with E-state index in [1.807, 2.05) is 5.32 Å². The maximum atomic E-state index is 12.4. The Bertz CT molecular complexity index is 1000. The van der Waals surface area contributed by atoms with Crippen LogP contribution < -0.4 is 5.32 Å². The van der Waals surface area contributed by atoms with E-state index in [0.29, 0.717) is 5.56 Å². The zero-order valence-corrected chi connectivity index (χ0v) is 16.7. The molecular weight excluding hydrogens is 436 g/mol. The smallest absolute Gasteiger partial charge is 0.357 e. The fraction of sp³-hybridized carbons (Fsp3) is 0.267. The number of ether oxygens (including phenoxy) is 2. The summed E-state index contributed by atoms with van der Waals surface area (Å²) in [5.41, 5.74) is -1.49. The Labute approximate surface area is 169 Å².